The Morgan fingerprint density at radius 3 is 2.68 bits per heavy atom. The quantitative estimate of drug-likeness (QED) is 0.740. The summed E-state index contributed by atoms with van der Waals surface area (Å²) in [6.07, 6.45) is 0.680. The van der Waals surface area contributed by atoms with Crippen molar-refractivity contribution < 1.29 is 9.47 Å². The van der Waals surface area contributed by atoms with Crippen LogP contribution < -0.4 is 15.0 Å². The number of aromatic amines is 1. The predicted octanol–water partition coefficient (Wildman–Crippen LogP) is 3.01. The number of nitrogens with one attached hydrogen (secondary N) is 1. The molecule has 0 bridgehead atoms. The van der Waals surface area contributed by atoms with Crippen LogP contribution in [0.4, 0.5) is 0 Å². The molecule has 0 fully saturated rings. The molecule has 0 spiro atoms. The van der Waals surface area contributed by atoms with E-state index in [1.54, 1.807) is 14.2 Å². The molecule has 3 aromatic rings. The molecule has 1 aromatic heterocycles. The van der Waals surface area contributed by atoms with E-state index >= 15 is 0 Å². The Kier molecular flexibility index (Phi) is 5.12. The summed E-state index contributed by atoms with van der Waals surface area (Å²) in [6, 6.07) is 15.5. The standard InChI is InChI=1S/C22H23N3O3/c1-27-17-8-9-20(28-2)16(12-17)13-25-11-10-18-19(14-25)23-21(24-22(18)26)15-6-4-3-5-7-15/h3-9,12H,10-11,13-14H2,1-2H3,(H,23,24,26). The highest BCUT2D eigenvalue weighted by molar-refractivity contribution is 5.54. The van der Waals surface area contributed by atoms with Gasteiger partial charge in [0.25, 0.3) is 5.56 Å². The van der Waals surface area contributed by atoms with Crippen molar-refractivity contribution in [1.29, 1.82) is 0 Å². The summed E-state index contributed by atoms with van der Waals surface area (Å²) in [6.45, 7) is 2.12. The molecular weight excluding hydrogens is 354 g/mol. The third kappa shape index (κ3) is 3.64. The summed E-state index contributed by atoms with van der Waals surface area (Å²) in [7, 11) is 3.33. The molecule has 1 aliphatic rings. The number of ether oxygens (including phenoxy) is 2. The fourth-order valence-electron chi connectivity index (χ4n) is 3.61. The van der Waals surface area contributed by atoms with Gasteiger partial charge in [-0.05, 0) is 24.6 Å². The van der Waals surface area contributed by atoms with E-state index < -0.39 is 0 Å². The molecule has 0 saturated carbocycles. The van der Waals surface area contributed by atoms with Crippen molar-refractivity contribution in [3.8, 4) is 22.9 Å². The van der Waals surface area contributed by atoms with Gasteiger partial charge >= 0.3 is 0 Å². The monoisotopic (exact) mass is 377 g/mol. The molecule has 0 aliphatic carbocycles. The normalized spacial score (nSPS) is 13.8. The van der Waals surface area contributed by atoms with Gasteiger partial charge in [0.1, 0.15) is 17.3 Å². The van der Waals surface area contributed by atoms with Crippen molar-refractivity contribution in [3.05, 3.63) is 75.7 Å². The first-order valence-electron chi connectivity index (χ1n) is 9.28. The lowest BCUT2D eigenvalue weighted by Gasteiger charge is -2.28. The molecule has 6 nitrogen and oxygen atoms in total. The summed E-state index contributed by atoms with van der Waals surface area (Å²) >= 11 is 0. The summed E-state index contributed by atoms with van der Waals surface area (Å²) in [5.41, 5.74) is 3.55. The number of aromatic nitrogens is 2. The van der Waals surface area contributed by atoms with Gasteiger partial charge < -0.3 is 14.5 Å². The van der Waals surface area contributed by atoms with Crippen LogP contribution in [0, 0.1) is 0 Å². The molecule has 0 amide bonds. The first kappa shape index (κ1) is 18.3. The number of hydrogen-bond acceptors (Lipinski definition) is 5. The number of H-pyrrole nitrogens is 1. The Hall–Kier alpha value is -3.12. The van der Waals surface area contributed by atoms with Crippen LogP contribution in [-0.4, -0.2) is 35.6 Å². The zero-order valence-corrected chi connectivity index (χ0v) is 16.1. The van der Waals surface area contributed by atoms with Gasteiger partial charge in [-0.25, -0.2) is 4.98 Å². The van der Waals surface area contributed by atoms with Crippen LogP contribution in [0.1, 0.15) is 16.8 Å². The van der Waals surface area contributed by atoms with Gasteiger partial charge in [-0.3, -0.25) is 9.69 Å². The zero-order valence-electron chi connectivity index (χ0n) is 16.1. The second-order valence-electron chi connectivity index (χ2n) is 6.84. The van der Waals surface area contributed by atoms with Crippen LogP contribution in [0.25, 0.3) is 11.4 Å². The van der Waals surface area contributed by atoms with Crippen LogP contribution >= 0.6 is 0 Å². The molecule has 2 heterocycles. The molecule has 28 heavy (non-hydrogen) atoms. The van der Waals surface area contributed by atoms with Crippen molar-refractivity contribution in [1.82, 2.24) is 14.9 Å². The molecule has 0 radical (unpaired) electrons. The molecule has 4 rings (SSSR count). The largest absolute Gasteiger partial charge is 0.497 e. The van der Waals surface area contributed by atoms with E-state index in [0.29, 0.717) is 25.3 Å². The summed E-state index contributed by atoms with van der Waals surface area (Å²) in [5.74, 6) is 2.25. The van der Waals surface area contributed by atoms with Crippen molar-refractivity contribution in [3.63, 3.8) is 0 Å². The van der Waals surface area contributed by atoms with E-state index in [1.807, 2.05) is 48.5 Å². The van der Waals surface area contributed by atoms with Crippen LogP contribution in [0.3, 0.4) is 0 Å². The lowest BCUT2D eigenvalue weighted by molar-refractivity contribution is 0.236. The Balaban J connectivity index is 1.61. The van der Waals surface area contributed by atoms with E-state index in [9.17, 15) is 4.79 Å². The lowest BCUT2D eigenvalue weighted by Crippen LogP contribution is -2.35. The Bertz CT molecular complexity index is 1030. The SMILES string of the molecule is COc1ccc(OC)c(CN2CCc3c(nc(-c4ccccc4)[nH]c3=O)C2)c1. The van der Waals surface area contributed by atoms with Crippen molar-refractivity contribution in [2.75, 3.05) is 20.8 Å². The molecule has 1 aliphatic heterocycles. The van der Waals surface area contributed by atoms with Gasteiger partial charge in [0.15, 0.2) is 0 Å². The van der Waals surface area contributed by atoms with Gasteiger partial charge in [-0.2, -0.15) is 0 Å². The number of rotatable bonds is 5. The van der Waals surface area contributed by atoms with Crippen LogP contribution in [-0.2, 0) is 19.5 Å². The predicted molar refractivity (Wildman–Crippen MR) is 108 cm³/mol. The fraction of sp³-hybridized carbons (Fsp3) is 0.273. The maximum absolute atomic E-state index is 12.6. The van der Waals surface area contributed by atoms with E-state index in [1.165, 1.54) is 0 Å². The van der Waals surface area contributed by atoms with Crippen molar-refractivity contribution >= 4 is 0 Å². The number of methoxy groups -OCH3 is 2. The summed E-state index contributed by atoms with van der Waals surface area (Å²) in [5, 5.41) is 0. The van der Waals surface area contributed by atoms with Gasteiger partial charge in [-0.1, -0.05) is 30.3 Å². The minimum Gasteiger partial charge on any atom is -0.497 e. The van der Waals surface area contributed by atoms with E-state index in [4.69, 9.17) is 14.5 Å². The highest BCUT2D eigenvalue weighted by Crippen LogP contribution is 2.27. The van der Waals surface area contributed by atoms with Gasteiger partial charge in [0.05, 0.1) is 19.9 Å². The topological polar surface area (TPSA) is 67.5 Å². The van der Waals surface area contributed by atoms with Crippen molar-refractivity contribution in [2.24, 2.45) is 0 Å². The minimum absolute atomic E-state index is 0.0394. The molecule has 6 heteroatoms. The Morgan fingerprint density at radius 2 is 1.93 bits per heavy atom. The maximum Gasteiger partial charge on any atom is 0.254 e. The average molecular weight is 377 g/mol. The van der Waals surface area contributed by atoms with E-state index in [0.717, 1.165) is 40.4 Å². The molecule has 144 valence electrons. The zero-order chi connectivity index (χ0) is 19.5. The molecular formula is C22H23N3O3. The van der Waals surface area contributed by atoms with E-state index in [2.05, 4.69) is 9.88 Å². The molecule has 0 unspecified atom stereocenters. The number of benzene rings is 2. The molecule has 0 saturated heterocycles. The minimum atomic E-state index is -0.0394. The van der Waals surface area contributed by atoms with Gasteiger partial charge in [-0.15, -0.1) is 0 Å². The smallest absolute Gasteiger partial charge is 0.254 e. The highest BCUT2D eigenvalue weighted by Gasteiger charge is 2.22. The van der Waals surface area contributed by atoms with E-state index in [-0.39, 0.29) is 5.56 Å². The fourth-order valence-corrected chi connectivity index (χ4v) is 3.61. The van der Waals surface area contributed by atoms with Crippen LogP contribution in [0.2, 0.25) is 0 Å². The molecule has 2 aromatic carbocycles. The Morgan fingerprint density at radius 1 is 1.11 bits per heavy atom. The number of nitrogens with zero attached hydrogens (tertiary/aromatic N) is 2. The number of fused-ring (bicyclic) bond motifs is 1. The number of hydrogen-bond donors (Lipinski definition) is 1. The first-order valence-corrected chi connectivity index (χ1v) is 9.28. The first-order chi connectivity index (χ1) is 13.7. The van der Waals surface area contributed by atoms with Crippen molar-refractivity contribution in [2.45, 2.75) is 19.5 Å². The maximum atomic E-state index is 12.6. The lowest BCUT2D eigenvalue weighted by atomic mass is 10.0. The van der Waals surface area contributed by atoms with Gasteiger partial charge in [0.2, 0.25) is 0 Å². The summed E-state index contributed by atoms with van der Waals surface area (Å²) < 4.78 is 10.8. The molecule has 0 atom stereocenters. The highest BCUT2D eigenvalue weighted by atomic mass is 16.5. The second kappa shape index (κ2) is 7.86. The molecule has 1 N–H and O–H groups in total. The second-order valence-corrected chi connectivity index (χ2v) is 6.84. The average Bonchev–Trinajstić information content (AvgIpc) is 2.74. The third-order valence-electron chi connectivity index (χ3n) is 5.08. The third-order valence-corrected chi connectivity index (χ3v) is 5.08. The van der Waals surface area contributed by atoms with Crippen LogP contribution in [0.15, 0.2) is 53.3 Å². The van der Waals surface area contributed by atoms with Gasteiger partial charge in [0, 0.05) is 36.3 Å². The van der Waals surface area contributed by atoms with Crippen LogP contribution in [0.5, 0.6) is 11.5 Å². The summed E-state index contributed by atoms with van der Waals surface area (Å²) in [4.78, 5) is 22.5. The Labute approximate surface area is 163 Å².